The standard InChI is InChI=1S/C15H17FN2O2/c1-2-15(14(19)20)6-3-7-18(15)10-11-4-5-13(16)12(8-11)9-17/h4-5,8H,2-3,6-7,10H2,1H3,(H,19,20). The van der Waals surface area contributed by atoms with E-state index in [4.69, 9.17) is 5.26 Å². The molecule has 1 atom stereocenters. The Morgan fingerprint density at radius 1 is 1.60 bits per heavy atom. The monoisotopic (exact) mass is 276 g/mol. The maximum atomic E-state index is 13.3. The molecule has 1 aromatic rings. The van der Waals surface area contributed by atoms with Crippen LogP contribution in [0.3, 0.4) is 0 Å². The summed E-state index contributed by atoms with van der Waals surface area (Å²) in [5.41, 5.74) is -0.0654. The molecule has 1 fully saturated rings. The number of likely N-dealkylation sites (tertiary alicyclic amines) is 1. The van der Waals surface area contributed by atoms with Crippen molar-refractivity contribution in [3.63, 3.8) is 0 Å². The molecule has 1 heterocycles. The highest BCUT2D eigenvalue weighted by atomic mass is 19.1. The Labute approximate surface area is 117 Å². The predicted octanol–water partition coefficient (Wildman–Crippen LogP) is 2.53. The van der Waals surface area contributed by atoms with Gasteiger partial charge in [0.1, 0.15) is 17.4 Å². The first-order valence-electron chi connectivity index (χ1n) is 6.70. The highest BCUT2D eigenvalue weighted by Crippen LogP contribution is 2.34. The van der Waals surface area contributed by atoms with Crippen LogP contribution in [0.15, 0.2) is 18.2 Å². The van der Waals surface area contributed by atoms with Crippen molar-refractivity contribution in [3.05, 3.63) is 35.1 Å². The van der Waals surface area contributed by atoms with E-state index in [0.717, 1.165) is 12.0 Å². The van der Waals surface area contributed by atoms with Gasteiger partial charge in [0.2, 0.25) is 0 Å². The van der Waals surface area contributed by atoms with Gasteiger partial charge in [0, 0.05) is 6.54 Å². The van der Waals surface area contributed by atoms with Crippen LogP contribution < -0.4 is 0 Å². The Bertz CT molecular complexity index is 567. The van der Waals surface area contributed by atoms with E-state index in [0.29, 0.717) is 25.9 Å². The molecule has 0 saturated carbocycles. The molecule has 0 radical (unpaired) electrons. The fourth-order valence-corrected chi connectivity index (χ4v) is 2.94. The molecular formula is C15H17FN2O2. The van der Waals surface area contributed by atoms with Crippen molar-refractivity contribution in [1.29, 1.82) is 5.26 Å². The first-order valence-corrected chi connectivity index (χ1v) is 6.70. The SMILES string of the molecule is CCC1(C(=O)O)CCCN1Cc1ccc(F)c(C#N)c1. The van der Waals surface area contributed by atoms with Gasteiger partial charge in [-0.1, -0.05) is 13.0 Å². The lowest BCUT2D eigenvalue weighted by molar-refractivity contribution is -0.150. The normalized spacial score (nSPS) is 22.6. The number of benzene rings is 1. The third-order valence-corrected chi connectivity index (χ3v) is 4.13. The number of hydrogen-bond donors (Lipinski definition) is 1. The van der Waals surface area contributed by atoms with Crippen LogP contribution in [0.1, 0.15) is 37.3 Å². The van der Waals surface area contributed by atoms with Gasteiger partial charge >= 0.3 is 5.97 Å². The predicted molar refractivity (Wildman–Crippen MR) is 71.4 cm³/mol. The average molecular weight is 276 g/mol. The van der Waals surface area contributed by atoms with Gasteiger partial charge in [0.15, 0.2) is 0 Å². The molecule has 1 aliphatic heterocycles. The average Bonchev–Trinajstić information content (AvgIpc) is 2.85. The molecule has 0 amide bonds. The molecule has 1 saturated heterocycles. The molecular weight excluding hydrogens is 259 g/mol. The Kier molecular flexibility index (Phi) is 4.05. The van der Waals surface area contributed by atoms with Gasteiger partial charge in [0.25, 0.3) is 0 Å². The Hall–Kier alpha value is -1.93. The number of carbonyl (C=O) groups is 1. The number of nitrogens with zero attached hydrogens (tertiary/aromatic N) is 2. The van der Waals surface area contributed by atoms with Crippen molar-refractivity contribution in [3.8, 4) is 6.07 Å². The highest BCUT2D eigenvalue weighted by Gasteiger charge is 2.45. The summed E-state index contributed by atoms with van der Waals surface area (Å²) in [6.07, 6.45) is 2.01. The highest BCUT2D eigenvalue weighted by molar-refractivity contribution is 5.79. The number of halogens is 1. The molecule has 0 bridgehead atoms. The minimum absolute atomic E-state index is 0.000814. The maximum absolute atomic E-state index is 13.3. The lowest BCUT2D eigenvalue weighted by Crippen LogP contribution is -2.49. The smallest absolute Gasteiger partial charge is 0.324 e. The number of nitriles is 1. The van der Waals surface area contributed by atoms with Crippen LogP contribution in [-0.2, 0) is 11.3 Å². The molecule has 106 valence electrons. The summed E-state index contributed by atoms with van der Waals surface area (Å²) in [4.78, 5) is 13.5. The maximum Gasteiger partial charge on any atom is 0.324 e. The van der Waals surface area contributed by atoms with Crippen molar-refractivity contribution in [1.82, 2.24) is 4.90 Å². The fraction of sp³-hybridized carbons (Fsp3) is 0.467. The fourth-order valence-electron chi connectivity index (χ4n) is 2.94. The third kappa shape index (κ3) is 2.39. The van der Waals surface area contributed by atoms with E-state index in [2.05, 4.69) is 0 Å². The Morgan fingerprint density at radius 3 is 2.95 bits per heavy atom. The summed E-state index contributed by atoms with van der Waals surface area (Å²) >= 11 is 0. The van der Waals surface area contributed by atoms with Crippen LogP contribution in [0.4, 0.5) is 4.39 Å². The molecule has 1 aliphatic rings. The van der Waals surface area contributed by atoms with Gasteiger partial charge < -0.3 is 5.11 Å². The van der Waals surface area contributed by atoms with E-state index < -0.39 is 17.3 Å². The zero-order valence-electron chi connectivity index (χ0n) is 11.4. The van der Waals surface area contributed by atoms with Crippen LogP contribution in [0.2, 0.25) is 0 Å². The zero-order chi connectivity index (χ0) is 14.8. The van der Waals surface area contributed by atoms with Gasteiger partial charge in [-0.2, -0.15) is 5.26 Å². The summed E-state index contributed by atoms with van der Waals surface area (Å²) < 4.78 is 13.3. The van der Waals surface area contributed by atoms with Crippen molar-refractivity contribution in [2.45, 2.75) is 38.3 Å². The summed E-state index contributed by atoms with van der Waals surface area (Å²) in [5, 5.41) is 18.3. The molecule has 1 unspecified atom stereocenters. The van der Waals surface area contributed by atoms with Gasteiger partial charge in [-0.3, -0.25) is 9.69 Å². The molecule has 5 heteroatoms. The third-order valence-electron chi connectivity index (χ3n) is 4.13. The van der Waals surface area contributed by atoms with Gasteiger partial charge in [-0.25, -0.2) is 4.39 Å². The quantitative estimate of drug-likeness (QED) is 0.917. The van der Waals surface area contributed by atoms with Crippen LogP contribution in [0, 0.1) is 17.1 Å². The molecule has 20 heavy (non-hydrogen) atoms. The van der Waals surface area contributed by atoms with E-state index in [-0.39, 0.29) is 5.56 Å². The van der Waals surface area contributed by atoms with E-state index in [1.165, 1.54) is 12.1 Å². The number of rotatable bonds is 4. The van der Waals surface area contributed by atoms with Crippen LogP contribution in [0.5, 0.6) is 0 Å². The summed E-state index contributed by atoms with van der Waals surface area (Å²) in [7, 11) is 0. The molecule has 0 aromatic heterocycles. The lowest BCUT2D eigenvalue weighted by Gasteiger charge is -2.33. The molecule has 4 nitrogen and oxygen atoms in total. The van der Waals surface area contributed by atoms with Gasteiger partial charge in [0.05, 0.1) is 5.56 Å². The molecule has 1 aromatic carbocycles. The van der Waals surface area contributed by atoms with Crippen molar-refractivity contribution in [2.75, 3.05) is 6.54 Å². The van der Waals surface area contributed by atoms with Crippen molar-refractivity contribution < 1.29 is 14.3 Å². The zero-order valence-corrected chi connectivity index (χ0v) is 11.4. The van der Waals surface area contributed by atoms with E-state index in [1.54, 1.807) is 6.07 Å². The van der Waals surface area contributed by atoms with E-state index >= 15 is 0 Å². The summed E-state index contributed by atoms with van der Waals surface area (Å²) in [6, 6.07) is 6.17. The van der Waals surface area contributed by atoms with Crippen molar-refractivity contribution in [2.24, 2.45) is 0 Å². The second-order valence-electron chi connectivity index (χ2n) is 5.14. The van der Waals surface area contributed by atoms with E-state index in [9.17, 15) is 14.3 Å². The Balaban J connectivity index is 2.25. The molecule has 1 N–H and O–H groups in total. The Morgan fingerprint density at radius 2 is 2.35 bits per heavy atom. The number of hydrogen-bond acceptors (Lipinski definition) is 3. The second-order valence-corrected chi connectivity index (χ2v) is 5.14. The van der Waals surface area contributed by atoms with Crippen LogP contribution in [0.25, 0.3) is 0 Å². The van der Waals surface area contributed by atoms with Crippen LogP contribution >= 0.6 is 0 Å². The summed E-state index contributed by atoms with van der Waals surface area (Å²) in [6.45, 7) is 3.01. The summed E-state index contributed by atoms with van der Waals surface area (Å²) in [5.74, 6) is -1.35. The first-order chi connectivity index (χ1) is 9.53. The lowest BCUT2D eigenvalue weighted by atomic mass is 9.92. The number of carboxylic acids is 1. The number of aliphatic carboxylic acids is 1. The van der Waals surface area contributed by atoms with Crippen molar-refractivity contribution >= 4 is 5.97 Å². The second kappa shape index (κ2) is 5.59. The molecule has 0 spiro atoms. The molecule has 2 rings (SSSR count). The van der Waals surface area contributed by atoms with Crippen LogP contribution in [-0.4, -0.2) is 28.1 Å². The topological polar surface area (TPSA) is 64.3 Å². The molecule has 0 aliphatic carbocycles. The largest absolute Gasteiger partial charge is 0.480 e. The van der Waals surface area contributed by atoms with Gasteiger partial charge in [-0.15, -0.1) is 0 Å². The first kappa shape index (κ1) is 14.5. The van der Waals surface area contributed by atoms with E-state index in [1.807, 2.05) is 17.9 Å². The van der Waals surface area contributed by atoms with Gasteiger partial charge in [-0.05, 0) is 43.5 Å². The minimum atomic E-state index is -0.832. The minimum Gasteiger partial charge on any atom is -0.480 e. The number of carboxylic acid groups (broad SMARTS) is 1.